The van der Waals surface area contributed by atoms with Crippen LogP contribution in [0.5, 0.6) is 5.75 Å². The number of hydroxylamine groups is 1. The van der Waals surface area contributed by atoms with Gasteiger partial charge in [-0.3, -0.25) is 0 Å². The molecule has 0 saturated heterocycles. The first-order chi connectivity index (χ1) is 7.84. The van der Waals surface area contributed by atoms with E-state index in [1.54, 1.807) is 0 Å². The molecule has 1 aliphatic heterocycles. The summed E-state index contributed by atoms with van der Waals surface area (Å²) in [6.07, 6.45) is 0. The molecular weight excluding hydrogens is 198 g/mol. The maximum atomic E-state index is 5.33. The Labute approximate surface area is 94.8 Å². The molecule has 0 aromatic heterocycles. The van der Waals surface area contributed by atoms with Gasteiger partial charge in [0.05, 0.1) is 6.54 Å². The van der Waals surface area contributed by atoms with E-state index in [1.165, 1.54) is 22.3 Å². The molecule has 2 nitrogen and oxygen atoms in total. The normalized spacial score (nSPS) is 13.3. The fourth-order valence-electron chi connectivity index (χ4n) is 2.03. The third kappa shape index (κ3) is 1.48. The lowest BCUT2D eigenvalue weighted by Gasteiger charge is -2.06. The highest BCUT2D eigenvalue weighted by Crippen LogP contribution is 2.33. The van der Waals surface area contributed by atoms with Crippen molar-refractivity contribution in [2.45, 2.75) is 13.5 Å². The van der Waals surface area contributed by atoms with Crippen molar-refractivity contribution in [3.63, 3.8) is 0 Å². The van der Waals surface area contributed by atoms with Gasteiger partial charge in [-0.25, -0.2) is 0 Å². The first-order valence-corrected chi connectivity index (χ1v) is 5.43. The van der Waals surface area contributed by atoms with Crippen LogP contribution in [0, 0.1) is 6.92 Å². The highest BCUT2D eigenvalue weighted by molar-refractivity contribution is 5.70. The molecule has 0 bridgehead atoms. The van der Waals surface area contributed by atoms with Crippen LogP contribution in [0.15, 0.2) is 42.5 Å². The number of benzene rings is 2. The summed E-state index contributed by atoms with van der Waals surface area (Å²) in [5.74, 6) is 0.943. The minimum Gasteiger partial charge on any atom is -0.408 e. The van der Waals surface area contributed by atoms with Crippen molar-refractivity contribution < 1.29 is 4.84 Å². The number of hydrogen-bond acceptors (Lipinski definition) is 2. The Morgan fingerprint density at radius 2 is 1.88 bits per heavy atom. The molecule has 0 fully saturated rings. The van der Waals surface area contributed by atoms with Crippen LogP contribution in [-0.4, -0.2) is 0 Å². The third-order valence-electron chi connectivity index (χ3n) is 2.93. The molecule has 0 saturated carbocycles. The zero-order chi connectivity index (χ0) is 11.0. The van der Waals surface area contributed by atoms with Crippen LogP contribution in [0.4, 0.5) is 0 Å². The van der Waals surface area contributed by atoms with Gasteiger partial charge in [0, 0.05) is 5.56 Å². The number of rotatable bonds is 1. The molecule has 0 aliphatic carbocycles. The van der Waals surface area contributed by atoms with Crippen molar-refractivity contribution in [1.29, 1.82) is 0 Å². The maximum absolute atomic E-state index is 5.33. The Bertz CT molecular complexity index is 517. The molecule has 2 heteroatoms. The van der Waals surface area contributed by atoms with Gasteiger partial charge < -0.3 is 4.84 Å². The van der Waals surface area contributed by atoms with Gasteiger partial charge in [-0.15, -0.1) is 0 Å². The van der Waals surface area contributed by atoms with Gasteiger partial charge in [-0.1, -0.05) is 42.0 Å². The van der Waals surface area contributed by atoms with E-state index < -0.39 is 0 Å². The number of aryl methyl sites for hydroxylation is 1. The molecule has 0 amide bonds. The van der Waals surface area contributed by atoms with Crippen LogP contribution in [0.25, 0.3) is 11.1 Å². The van der Waals surface area contributed by atoms with Crippen LogP contribution < -0.4 is 10.3 Å². The minimum absolute atomic E-state index is 0.777. The van der Waals surface area contributed by atoms with Crippen LogP contribution in [-0.2, 0) is 6.54 Å². The van der Waals surface area contributed by atoms with E-state index >= 15 is 0 Å². The lowest BCUT2D eigenvalue weighted by molar-refractivity contribution is 0.224. The zero-order valence-electron chi connectivity index (χ0n) is 9.16. The van der Waals surface area contributed by atoms with Crippen LogP contribution >= 0.6 is 0 Å². The third-order valence-corrected chi connectivity index (χ3v) is 2.93. The summed E-state index contributed by atoms with van der Waals surface area (Å²) >= 11 is 0. The largest absolute Gasteiger partial charge is 0.408 e. The van der Waals surface area contributed by atoms with E-state index in [2.05, 4.69) is 42.7 Å². The number of nitrogens with one attached hydrogen (secondary N) is 1. The molecule has 1 aliphatic rings. The molecule has 2 aromatic carbocycles. The fourth-order valence-corrected chi connectivity index (χ4v) is 2.03. The van der Waals surface area contributed by atoms with Crippen LogP contribution in [0.2, 0.25) is 0 Å². The SMILES string of the molecule is Cc1ccc(-c2cccc3c2CNO3)cc1. The molecule has 0 radical (unpaired) electrons. The van der Waals surface area contributed by atoms with Crippen molar-refractivity contribution in [2.24, 2.45) is 0 Å². The second kappa shape index (κ2) is 3.65. The minimum atomic E-state index is 0.777. The molecule has 0 atom stereocenters. The van der Waals surface area contributed by atoms with Crippen molar-refractivity contribution >= 4 is 0 Å². The quantitative estimate of drug-likeness (QED) is 0.782. The Morgan fingerprint density at radius 3 is 2.69 bits per heavy atom. The lowest BCUT2D eigenvalue weighted by Crippen LogP contribution is -2.07. The highest BCUT2D eigenvalue weighted by atomic mass is 16.7. The molecule has 2 aromatic rings. The molecule has 16 heavy (non-hydrogen) atoms. The van der Waals surface area contributed by atoms with E-state index in [1.807, 2.05) is 12.1 Å². The van der Waals surface area contributed by atoms with Gasteiger partial charge in [0.2, 0.25) is 0 Å². The van der Waals surface area contributed by atoms with Gasteiger partial charge in [-0.2, -0.15) is 5.48 Å². The van der Waals surface area contributed by atoms with Crippen molar-refractivity contribution in [2.75, 3.05) is 0 Å². The summed E-state index contributed by atoms with van der Waals surface area (Å²) in [5, 5.41) is 0. The Hall–Kier alpha value is -1.80. The Kier molecular flexibility index (Phi) is 2.15. The monoisotopic (exact) mass is 211 g/mol. The van der Waals surface area contributed by atoms with Gasteiger partial charge in [-0.05, 0) is 24.1 Å². The van der Waals surface area contributed by atoms with Gasteiger partial charge in [0.25, 0.3) is 0 Å². The van der Waals surface area contributed by atoms with Gasteiger partial charge in [0.15, 0.2) is 5.75 Å². The van der Waals surface area contributed by atoms with E-state index in [-0.39, 0.29) is 0 Å². The summed E-state index contributed by atoms with van der Waals surface area (Å²) in [7, 11) is 0. The fraction of sp³-hybridized carbons (Fsp3) is 0.143. The van der Waals surface area contributed by atoms with E-state index in [4.69, 9.17) is 4.84 Å². The summed E-state index contributed by atoms with van der Waals surface area (Å²) in [5.41, 5.74) is 7.93. The topological polar surface area (TPSA) is 21.3 Å². The van der Waals surface area contributed by atoms with Gasteiger partial charge >= 0.3 is 0 Å². The second-order valence-electron chi connectivity index (χ2n) is 4.07. The predicted octanol–water partition coefficient (Wildman–Crippen LogP) is 3.06. The average molecular weight is 211 g/mol. The maximum Gasteiger partial charge on any atom is 0.152 e. The number of hydrogen-bond donors (Lipinski definition) is 1. The summed E-state index contributed by atoms with van der Waals surface area (Å²) in [6.45, 7) is 2.88. The lowest BCUT2D eigenvalue weighted by atomic mass is 9.98. The smallest absolute Gasteiger partial charge is 0.152 e. The number of fused-ring (bicyclic) bond motifs is 1. The zero-order valence-corrected chi connectivity index (χ0v) is 9.16. The molecule has 1 heterocycles. The first kappa shape index (κ1) is 9.43. The standard InChI is InChI=1S/C14H13NO/c1-10-5-7-11(8-6-10)12-3-2-4-14-13(12)9-15-16-14/h2-8,15H,9H2,1H3. The first-order valence-electron chi connectivity index (χ1n) is 5.43. The average Bonchev–Trinajstić information content (AvgIpc) is 2.78. The second-order valence-corrected chi connectivity index (χ2v) is 4.07. The molecule has 80 valence electrons. The summed E-state index contributed by atoms with van der Waals surface area (Å²) in [4.78, 5) is 5.33. The Morgan fingerprint density at radius 1 is 1.06 bits per heavy atom. The molecule has 1 N–H and O–H groups in total. The predicted molar refractivity (Wildman–Crippen MR) is 64.1 cm³/mol. The van der Waals surface area contributed by atoms with E-state index in [0.29, 0.717) is 0 Å². The van der Waals surface area contributed by atoms with Gasteiger partial charge in [0.1, 0.15) is 0 Å². The Balaban J connectivity index is 2.13. The van der Waals surface area contributed by atoms with Crippen molar-refractivity contribution in [3.8, 4) is 16.9 Å². The van der Waals surface area contributed by atoms with E-state index in [9.17, 15) is 0 Å². The van der Waals surface area contributed by atoms with Crippen LogP contribution in [0.3, 0.4) is 0 Å². The summed E-state index contributed by atoms with van der Waals surface area (Å²) in [6, 6.07) is 14.7. The highest BCUT2D eigenvalue weighted by Gasteiger charge is 2.16. The molecule has 3 rings (SSSR count). The summed E-state index contributed by atoms with van der Waals surface area (Å²) < 4.78 is 0. The van der Waals surface area contributed by atoms with Crippen molar-refractivity contribution in [3.05, 3.63) is 53.6 Å². The molecule has 0 spiro atoms. The molecular formula is C14H13NO. The van der Waals surface area contributed by atoms with Crippen molar-refractivity contribution in [1.82, 2.24) is 5.48 Å². The molecule has 0 unspecified atom stereocenters. The van der Waals surface area contributed by atoms with Crippen LogP contribution in [0.1, 0.15) is 11.1 Å². The van der Waals surface area contributed by atoms with E-state index in [0.717, 1.165) is 12.3 Å².